The van der Waals surface area contributed by atoms with Crippen molar-refractivity contribution in [3.05, 3.63) is 35.9 Å². The summed E-state index contributed by atoms with van der Waals surface area (Å²) < 4.78 is 0. The lowest BCUT2D eigenvalue weighted by Gasteiger charge is -2.28. The normalized spacial score (nSPS) is 21.7. The fraction of sp³-hybridized carbons (Fsp3) is 0.467. The first-order chi connectivity index (χ1) is 9.19. The Bertz CT molecular complexity index is 466. The molecule has 0 fully saturated rings. The lowest BCUT2D eigenvalue weighted by molar-refractivity contribution is 0.438. The van der Waals surface area contributed by atoms with Crippen LogP contribution in [-0.2, 0) is 0 Å². The van der Waals surface area contributed by atoms with Crippen molar-refractivity contribution >= 4 is 22.9 Å². The lowest BCUT2D eigenvalue weighted by Crippen LogP contribution is -2.45. The summed E-state index contributed by atoms with van der Waals surface area (Å²) in [6, 6.07) is 10.4. The van der Waals surface area contributed by atoms with Gasteiger partial charge in [-0.3, -0.25) is 5.43 Å². The van der Waals surface area contributed by atoms with Crippen molar-refractivity contribution in [3.8, 4) is 0 Å². The van der Waals surface area contributed by atoms with Crippen molar-refractivity contribution < 1.29 is 0 Å². The highest BCUT2D eigenvalue weighted by molar-refractivity contribution is 7.80. The molecule has 0 saturated carbocycles. The van der Waals surface area contributed by atoms with E-state index in [-0.39, 0.29) is 6.04 Å². The predicted molar refractivity (Wildman–Crippen MR) is 84.6 cm³/mol. The molecule has 0 aromatic heterocycles. The number of thiocarbonyl (C=S) groups is 1. The Balaban J connectivity index is 2.13. The van der Waals surface area contributed by atoms with Gasteiger partial charge in [0, 0.05) is 19.0 Å². The third-order valence-corrected chi connectivity index (χ3v) is 4.18. The molecule has 0 radical (unpaired) electrons. The van der Waals surface area contributed by atoms with E-state index in [1.54, 1.807) is 0 Å². The third-order valence-electron chi connectivity index (χ3n) is 3.67. The van der Waals surface area contributed by atoms with Gasteiger partial charge >= 0.3 is 0 Å². The van der Waals surface area contributed by atoms with Gasteiger partial charge in [-0.05, 0) is 19.4 Å². The van der Waals surface area contributed by atoms with Crippen LogP contribution in [0.3, 0.4) is 0 Å². The quantitative estimate of drug-likeness (QED) is 0.856. The van der Waals surface area contributed by atoms with Crippen molar-refractivity contribution in [1.29, 1.82) is 0 Å². The Morgan fingerprint density at radius 2 is 1.89 bits per heavy atom. The van der Waals surface area contributed by atoms with Crippen LogP contribution >= 0.6 is 12.2 Å². The molecule has 2 unspecified atom stereocenters. The minimum atomic E-state index is 0.130. The lowest BCUT2D eigenvalue weighted by atomic mass is 9.93. The largest absolute Gasteiger partial charge is 0.365 e. The number of rotatable bonds is 4. The van der Waals surface area contributed by atoms with Crippen LogP contribution in [0, 0.1) is 5.92 Å². The molecule has 2 atom stereocenters. The number of hydrazone groups is 1. The van der Waals surface area contributed by atoms with Crippen LogP contribution in [0.15, 0.2) is 35.4 Å². The number of nitrogens with one attached hydrogen (secondary N) is 1. The molecule has 0 amide bonds. The van der Waals surface area contributed by atoms with Gasteiger partial charge in [0.05, 0.1) is 5.71 Å². The molecule has 1 heterocycles. The highest BCUT2D eigenvalue weighted by Gasteiger charge is 2.33. The number of likely N-dealkylation sites (N-methyl/N-ethyl adjacent to an activating group) is 1. The predicted octanol–water partition coefficient (Wildman–Crippen LogP) is 2.67. The summed E-state index contributed by atoms with van der Waals surface area (Å²) in [5.74, 6) is 0.301. The molecule has 1 aliphatic rings. The molecule has 1 aromatic rings. The summed E-state index contributed by atoms with van der Waals surface area (Å²) in [5, 5.41) is 4.49. The summed E-state index contributed by atoms with van der Waals surface area (Å²) in [6.45, 7) is 8.34. The van der Waals surface area contributed by atoms with E-state index >= 15 is 0 Å². The SMILES string of the molecule is CCN(CC)C(=S)C1NN=C(c2ccccc2)C1C. The van der Waals surface area contributed by atoms with Gasteiger partial charge in [-0.25, -0.2) is 0 Å². The first-order valence-corrected chi connectivity index (χ1v) is 7.27. The Morgan fingerprint density at radius 3 is 2.47 bits per heavy atom. The molecule has 1 aromatic carbocycles. The van der Waals surface area contributed by atoms with E-state index in [9.17, 15) is 0 Å². The van der Waals surface area contributed by atoms with Gasteiger partial charge in [-0.1, -0.05) is 49.5 Å². The highest BCUT2D eigenvalue weighted by atomic mass is 32.1. The summed E-state index contributed by atoms with van der Waals surface area (Å²) in [6.07, 6.45) is 0. The molecule has 3 nitrogen and oxygen atoms in total. The molecular weight excluding hydrogens is 254 g/mol. The minimum absolute atomic E-state index is 0.130. The fourth-order valence-electron chi connectivity index (χ4n) is 2.45. The van der Waals surface area contributed by atoms with E-state index in [2.05, 4.69) is 48.3 Å². The zero-order valence-corrected chi connectivity index (χ0v) is 12.6. The Hall–Kier alpha value is -1.42. The summed E-state index contributed by atoms with van der Waals surface area (Å²) in [7, 11) is 0. The maximum absolute atomic E-state index is 5.60. The van der Waals surface area contributed by atoms with Gasteiger partial charge in [0.15, 0.2) is 0 Å². The van der Waals surface area contributed by atoms with E-state index in [1.807, 2.05) is 18.2 Å². The molecule has 1 N–H and O–H groups in total. The molecule has 19 heavy (non-hydrogen) atoms. The van der Waals surface area contributed by atoms with Crippen molar-refractivity contribution in [1.82, 2.24) is 10.3 Å². The van der Waals surface area contributed by atoms with E-state index in [4.69, 9.17) is 12.2 Å². The molecular formula is C15H21N3S. The van der Waals surface area contributed by atoms with E-state index < -0.39 is 0 Å². The number of nitrogens with zero attached hydrogens (tertiary/aromatic N) is 2. The van der Waals surface area contributed by atoms with Gasteiger partial charge in [-0.2, -0.15) is 5.10 Å². The van der Waals surface area contributed by atoms with Crippen molar-refractivity contribution in [3.63, 3.8) is 0 Å². The minimum Gasteiger partial charge on any atom is -0.365 e. The van der Waals surface area contributed by atoms with E-state index in [1.165, 1.54) is 5.56 Å². The monoisotopic (exact) mass is 275 g/mol. The summed E-state index contributed by atoms with van der Waals surface area (Å²) in [5.41, 5.74) is 5.48. The third kappa shape index (κ3) is 2.78. The maximum atomic E-state index is 5.60. The first-order valence-electron chi connectivity index (χ1n) is 6.86. The summed E-state index contributed by atoms with van der Waals surface area (Å²) in [4.78, 5) is 3.18. The van der Waals surface area contributed by atoms with Gasteiger partial charge in [0.1, 0.15) is 11.0 Å². The van der Waals surface area contributed by atoms with Gasteiger partial charge in [0.25, 0.3) is 0 Å². The number of benzene rings is 1. The average Bonchev–Trinajstić information content (AvgIpc) is 2.83. The van der Waals surface area contributed by atoms with Crippen LogP contribution in [0.1, 0.15) is 26.3 Å². The molecule has 0 saturated heterocycles. The van der Waals surface area contributed by atoms with E-state index in [0.717, 1.165) is 23.8 Å². The maximum Gasteiger partial charge on any atom is 0.103 e. The number of hydrogen-bond donors (Lipinski definition) is 1. The summed E-state index contributed by atoms with van der Waals surface area (Å²) >= 11 is 5.60. The van der Waals surface area contributed by atoms with Gasteiger partial charge < -0.3 is 4.90 Å². The van der Waals surface area contributed by atoms with Crippen LogP contribution in [0.25, 0.3) is 0 Å². The zero-order valence-electron chi connectivity index (χ0n) is 11.8. The van der Waals surface area contributed by atoms with Crippen LogP contribution in [0.2, 0.25) is 0 Å². The molecule has 0 spiro atoms. The molecule has 102 valence electrons. The smallest absolute Gasteiger partial charge is 0.103 e. The zero-order chi connectivity index (χ0) is 13.8. The van der Waals surface area contributed by atoms with Crippen LogP contribution in [0.5, 0.6) is 0 Å². The molecule has 4 heteroatoms. The molecule has 0 aliphatic carbocycles. The number of hydrogen-bond acceptors (Lipinski definition) is 3. The molecule has 0 bridgehead atoms. The Kier molecular flexibility index (Phi) is 4.53. The second-order valence-electron chi connectivity index (χ2n) is 4.77. The molecule has 1 aliphatic heterocycles. The van der Waals surface area contributed by atoms with Crippen molar-refractivity contribution in [2.24, 2.45) is 11.0 Å². The second-order valence-corrected chi connectivity index (χ2v) is 5.19. The van der Waals surface area contributed by atoms with Gasteiger partial charge in [-0.15, -0.1) is 0 Å². The Morgan fingerprint density at radius 1 is 1.26 bits per heavy atom. The van der Waals surface area contributed by atoms with Crippen molar-refractivity contribution in [2.75, 3.05) is 13.1 Å². The second kappa shape index (κ2) is 6.15. The fourth-order valence-corrected chi connectivity index (χ4v) is 2.96. The first kappa shape index (κ1) is 14.0. The highest BCUT2D eigenvalue weighted by Crippen LogP contribution is 2.20. The standard InChI is InChI=1S/C15H21N3S/c1-4-18(5-2)15(19)14-11(3)13(16-17-14)12-9-7-6-8-10-12/h6-11,14,17H,4-5H2,1-3H3. The van der Waals surface area contributed by atoms with E-state index in [0.29, 0.717) is 5.92 Å². The van der Waals surface area contributed by atoms with Crippen LogP contribution in [-0.4, -0.2) is 34.7 Å². The van der Waals surface area contributed by atoms with Crippen molar-refractivity contribution in [2.45, 2.75) is 26.8 Å². The Labute approximate surface area is 120 Å². The van der Waals surface area contributed by atoms with Crippen LogP contribution in [0.4, 0.5) is 0 Å². The van der Waals surface area contributed by atoms with Gasteiger partial charge in [0.2, 0.25) is 0 Å². The topological polar surface area (TPSA) is 27.6 Å². The molecule has 2 rings (SSSR count). The average molecular weight is 275 g/mol. The van der Waals surface area contributed by atoms with Crippen LogP contribution < -0.4 is 5.43 Å².